The number of benzene rings is 2. The fourth-order valence-corrected chi connectivity index (χ4v) is 4.41. The van der Waals surface area contributed by atoms with Crippen LogP contribution in [0.5, 0.6) is 0 Å². The molecule has 2 aromatic carbocycles. The van der Waals surface area contributed by atoms with Gasteiger partial charge in [0.05, 0.1) is 0 Å². The number of hydrogen-bond donors (Lipinski definition) is 0. The Morgan fingerprint density at radius 2 is 1.56 bits per heavy atom. The number of rotatable bonds is 6. The van der Waals surface area contributed by atoms with Gasteiger partial charge in [-0.15, -0.1) is 0 Å². The predicted molar refractivity (Wildman–Crippen MR) is 112 cm³/mol. The number of nitrogens with zero attached hydrogens (tertiary/aromatic N) is 2. The van der Waals surface area contributed by atoms with E-state index in [0.29, 0.717) is 6.42 Å². The highest BCUT2D eigenvalue weighted by atomic mass is 16.2. The molecule has 144 valence electrons. The van der Waals surface area contributed by atoms with Gasteiger partial charge in [0.2, 0.25) is 5.91 Å². The van der Waals surface area contributed by atoms with Crippen molar-refractivity contribution in [2.24, 2.45) is 0 Å². The molecule has 2 aromatic rings. The van der Waals surface area contributed by atoms with Crippen LogP contribution in [0.25, 0.3) is 0 Å². The fourth-order valence-electron chi connectivity index (χ4n) is 4.41. The average Bonchev–Trinajstić information content (AvgIpc) is 2.69. The van der Waals surface area contributed by atoms with Gasteiger partial charge in [-0.25, -0.2) is 0 Å². The quantitative estimate of drug-likeness (QED) is 0.763. The first-order chi connectivity index (χ1) is 13.0. The summed E-state index contributed by atoms with van der Waals surface area (Å²) in [6.07, 6.45) is 2.65. The first-order valence-electron chi connectivity index (χ1n) is 10.0. The normalized spacial score (nSPS) is 17.7. The molecule has 0 saturated carbocycles. The number of likely N-dealkylation sites (tertiary alicyclic amines) is 1. The van der Waals surface area contributed by atoms with Gasteiger partial charge in [-0.1, -0.05) is 67.6 Å². The molecular formula is C24H32N2O. The van der Waals surface area contributed by atoms with E-state index >= 15 is 0 Å². The molecule has 1 fully saturated rings. The Kier molecular flexibility index (Phi) is 6.33. The molecule has 0 bridgehead atoms. The summed E-state index contributed by atoms with van der Waals surface area (Å²) in [6, 6.07) is 21.2. The predicted octanol–water partition coefficient (Wildman–Crippen LogP) is 4.30. The minimum Gasteiger partial charge on any atom is -0.343 e. The smallest absolute Gasteiger partial charge is 0.223 e. The van der Waals surface area contributed by atoms with Crippen molar-refractivity contribution in [2.45, 2.75) is 37.5 Å². The maximum absolute atomic E-state index is 12.9. The molecule has 0 spiro atoms. The molecule has 1 aliphatic rings. The lowest BCUT2D eigenvalue weighted by atomic mass is 9.72. The van der Waals surface area contributed by atoms with E-state index in [1.807, 2.05) is 18.2 Å². The molecule has 1 aliphatic heterocycles. The monoisotopic (exact) mass is 364 g/mol. The Morgan fingerprint density at radius 3 is 2.11 bits per heavy atom. The van der Waals surface area contributed by atoms with E-state index in [1.165, 1.54) is 11.1 Å². The second kappa shape index (κ2) is 8.71. The Morgan fingerprint density at radius 1 is 1.00 bits per heavy atom. The van der Waals surface area contributed by atoms with Crippen LogP contribution in [0.3, 0.4) is 0 Å². The lowest BCUT2D eigenvalue weighted by molar-refractivity contribution is -0.133. The molecule has 1 amide bonds. The average molecular weight is 365 g/mol. The second-order valence-corrected chi connectivity index (χ2v) is 8.28. The van der Waals surface area contributed by atoms with Crippen molar-refractivity contribution in [3.8, 4) is 0 Å². The van der Waals surface area contributed by atoms with Crippen LogP contribution in [0.15, 0.2) is 60.7 Å². The van der Waals surface area contributed by atoms with Crippen LogP contribution in [-0.4, -0.2) is 49.4 Å². The molecule has 0 radical (unpaired) electrons. The maximum Gasteiger partial charge on any atom is 0.223 e. The number of hydrogen-bond acceptors (Lipinski definition) is 2. The van der Waals surface area contributed by atoms with Crippen LogP contribution in [0.1, 0.15) is 43.2 Å². The van der Waals surface area contributed by atoms with Crippen molar-refractivity contribution >= 4 is 5.91 Å². The molecule has 0 aliphatic carbocycles. The van der Waals surface area contributed by atoms with E-state index in [0.717, 1.165) is 32.5 Å². The first-order valence-corrected chi connectivity index (χ1v) is 10.0. The number of piperidine rings is 1. The molecule has 3 heteroatoms. The van der Waals surface area contributed by atoms with Crippen molar-refractivity contribution in [2.75, 3.05) is 33.7 Å². The summed E-state index contributed by atoms with van der Waals surface area (Å²) in [5, 5.41) is 0. The van der Waals surface area contributed by atoms with Gasteiger partial charge in [-0.05, 0) is 44.0 Å². The van der Waals surface area contributed by atoms with Crippen molar-refractivity contribution in [1.82, 2.24) is 9.80 Å². The van der Waals surface area contributed by atoms with Gasteiger partial charge in [0, 0.05) is 31.5 Å². The van der Waals surface area contributed by atoms with Crippen molar-refractivity contribution < 1.29 is 4.79 Å². The SMILES string of the molecule is C[C@H](CC(=O)N1CCC(CN(C)C)(c2ccccc2)CC1)c1ccccc1. The molecule has 1 heterocycles. The number of likely N-dealkylation sites (N-methyl/N-ethyl adjacent to an activating group) is 1. The van der Waals surface area contributed by atoms with Gasteiger partial charge in [0.1, 0.15) is 0 Å². The Bertz CT molecular complexity index is 719. The molecule has 1 saturated heterocycles. The van der Waals surface area contributed by atoms with E-state index in [4.69, 9.17) is 0 Å². The minimum atomic E-state index is 0.145. The van der Waals surface area contributed by atoms with E-state index < -0.39 is 0 Å². The molecule has 27 heavy (non-hydrogen) atoms. The highest BCUT2D eigenvalue weighted by Gasteiger charge is 2.37. The zero-order valence-electron chi connectivity index (χ0n) is 16.9. The molecule has 0 unspecified atom stereocenters. The standard InChI is InChI=1S/C24H32N2O/c1-20(21-10-6-4-7-11-21)18-23(27)26-16-14-24(15-17-26,19-25(2)3)22-12-8-5-9-13-22/h4-13,20H,14-19H2,1-3H3/t20-/m1/s1. The van der Waals surface area contributed by atoms with Crippen LogP contribution in [0, 0.1) is 0 Å². The molecule has 0 N–H and O–H groups in total. The van der Waals surface area contributed by atoms with E-state index in [-0.39, 0.29) is 17.2 Å². The minimum absolute atomic E-state index is 0.145. The summed E-state index contributed by atoms with van der Waals surface area (Å²) < 4.78 is 0. The summed E-state index contributed by atoms with van der Waals surface area (Å²) in [5.41, 5.74) is 2.80. The van der Waals surface area contributed by atoms with Gasteiger partial charge >= 0.3 is 0 Å². The largest absolute Gasteiger partial charge is 0.343 e. The molecule has 3 nitrogen and oxygen atoms in total. The third-order valence-corrected chi connectivity index (χ3v) is 5.93. The summed E-state index contributed by atoms with van der Waals surface area (Å²) in [7, 11) is 4.29. The molecule has 1 atom stereocenters. The highest BCUT2D eigenvalue weighted by molar-refractivity contribution is 5.77. The summed E-state index contributed by atoms with van der Waals surface area (Å²) in [6.45, 7) is 4.88. The van der Waals surface area contributed by atoms with Crippen molar-refractivity contribution in [3.63, 3.8) is 0 Å². The van der Waals surface area contributed by atoms with Crippen LogP contribution in [0.4, 0.5) is 0 Å². The summed E-state index contributed by atoms with van der Waals surface area (Å²) >= 11 is 0. The Hall–Kier alpha value is -2.13. The first kappa shape index (κ1) is 19.6. The highest BCUT2D eigenvalue weighted by Crippen LogP contribution is 2.36. The van der Waals surface area contributed by atoms with Gasteiger partial charge < -0.3 is 9.80 Å². The maximum atomic E-state index is 12.9. The Balaban J connectivity index is 1.65. The van der Waals surface area contributed by atoms with Crippen LogP contribution < -0.4 is 0 Å². The van der Waals surface area contributed by atoms with E-state index in [9.17, 15) is 4.79 Å². The van der Waals surface area contributed by atoms with Crippen LogP contribution >= 0.6 is 0 Å². The number of carbonyl (C=O) groups is 1. The summed E-state index contributed by atoms with van der Waals surface area (Å²) in [4.78, 5) is 17.2. The van der Waals surface area contributed by atoms with E-state index in [1.54, 1.807) is 0 Å². The van der Waals surface area contributed by atoms with Gasteiger partial charge in [0.25, 0.3) is 0 Å². The third kappa shape index (κ3) is 4.78. The van der Waals surface area contributed by atoms with Gasteiger partial charge in [0.15, 0.2) is 0 Å². The lowest BCUT2D eigenvalue weighted by Gasteiger charge is -2.44. The molecule has 3 rings (SSSR count). The Labute approximate surface area is 164 Å². The summed E-state index contributed by atoms with van der Waals surface area (Å²) in [5.74, 6) is 0.555. The van der Waals surface area contributed by atoms with Gasteiger partial charge in [-0.2, -0.15) is 0 Å². The molecular weight excluding hydrogens is 332 g/mol. The van der Waals surface area contributed by atoms with Crippen molar-refractivity contribution in [1.29, 1.82) is 0 Å². The molecule has 0 aromatic heterocycles. The number of amides is 1. The number of carbonyl (C=O) groups excluding carboxylic acids is 1. The zero-order valence-corrected chi connectivity index (χ0v) is 16.9. The van der Waals surface area contributed by atoms with Crippen LogP contribution in [-0.2, 0) is 10.2 Å². The van der Waals surface area contributed by atoms with Crippen molar-refractivity contribution in [3.05, 3.63) is 71.8 Å². The van der Waals surface area contributed by atoms with Crippen LogP contribution in [0.2, 0.25) is 0 Å². The third-order valence-electron chi connectivity index (χ3n) is 5.93. The zero-order chi connectivity index (χ0) is 19.3. The lowest BCUT2D eigenvalue weighted by Crippen LogP contribution is -2.49. The van der Waals surface area contributed by atoms with Gasteiger partial charge in [-0.3, -0.25) is 4.79 Å². The topological polar surface area (TPSA) is 23.6 Å². The second-order valence-electron chi connectivity index (χ2n) is 8.28. The fraction of sp³-hybridized carbons (Fsp3) is 0.458. The van der Waals surface area contributed by atoms with E-state index in [2.05, 4.69) is 73.3 Å².